The molecule has 0 amide bonds. The third-order valence-corrected chi connectivity index (χ3v) is 9.42. The van der Waals surface area contributed by atoms with E-state index < -0.39 is 23.3 Å². The Hall–Kier alpha value is -2.95. The molecule has 5 rings (SSSR count). The first kappa shape index (κ1) is 32.4. The predicted octanol–water partition coefficient (Wildman–Crippen LogP) is 5.42. The molecule has 0 spiro atoms. The molecule has 1 aliphatic heterocycles. The number of fused-ring (bicyclic) bond motifs is 2. The molecule has 2 heterocycles. The van der Waals surface area contributed by atoms with E-state index in [1.165, 1.54) is 0 Å². The summed E-state index contributed by atoms with van der Waals surface area (Å²) in [7, 11) is 0. The number of benzene rings is 1. The molecule has 4 N–H and O–H groups in total. The van der Waals surface area contributed by atoms with Gasteiger partial charge in [0.15, 0.2) is 0 Å². The second kappa shape index (κ2) is 13.6. The van der Waals surface area contributed by atoms with Crippen LogP contribution in [0, 0.1) is 17.8 Å². The molecule has 0 unspecified atom stereocenters. The summed E-state index contributed by atoms with van der Waals surface area (Å²) in [6.45, 7) is 8.29. The van der Waals surface area contributed by atoms with E-state index in [1.54, 1.807) is 24.4 Å². The van der Waals surface area contributed by atoms with Crippen molar-refractivity contribution in [2.24, 2.45) is 22.9 Å². The summed E-state index contributed by atoms with van der Waals surface area (Å²) in [5.41, 5.74) is 2.96. The molecule has 1 aromatic carbocycles. The lowest BCUT2D eigenvalue weighted by Gasteiger charge is -2.56. The second-order valence-corrected chi connectivity index (χ2v) is 13.7. The van der Waals surface area contributed by atoms with Crippen LogP contribution in [0.25, 0.3) is 0 Å². The van der Waals surface area contributed by atoms with Crippen molar-refractivity contribution in [2.75, 3.05) is 13.2 Å². The number of aliphatic hydroxyl groups excluding tert-OH is 2. The van der Waals surface area contributed by atoms with E-state index >= 15 is 0 Å². The predicted molar refractivity (Wildman–Crippen MR) is 167 cm³/mol. The van der Waals surface area contributed by atoms with Gasteiger partial charge in [0.05, 0.1) is 23.5 Å². The van der Waals surface area contributed by atoms with Crippen LogP contribution in [0.15, 0.2) is 41.2 Å². The topological polar surface area (TPSA) is 142 Å². The Balaban J connectivity index is 1.71. The molecule has 0 bridgehead atoms. The molecule has 0 radical (unpaired) electrons. The van der Waals surface area contributed by atoms with Crippen LogP contribution in [-0.4, -0.2) is 65.7 Å². The molecule has 242 valence electrons. The largest absolute Gasteiger partial charge is 0.508 e. The van der Waals surface area contributed by atoms with Crippen LogP contribution in [0.4, 0.5) is 0 Å². The Kier molecular flexibility index (Phi) is 10.0. The number of allylic oxidation sites excluding steroid dienone is 1. The van der Waals surface area contributed by atoms with E-state index in [2.05, 4.69) is 23.3 Å². The fourth-order valence-electron chi connectivity index (χ4n) is 7.46. The molecule has 1 saturated carbocycles. The average Bonchev–Trinajstić information content (AvgIpc) is 3.44. The number of aromatic nitrogens is 3. The summed E-state index contributed by atoms with van der Waals surface area (Å²) in [6, 6.07) is 4.52. The van der Waals surface area contributed by atoms with Gasteiger partial charge in [-0.1, -0.05) is 42.6 Å². The summed E-state index contributed by atoms with van der Waals surface area (Å²) in [5, 5.41) is 56.3. The number of hydrogen-bond acceptors (Lipinski definition) is 9. The van der Waals surface area contributed by atoms with Gasteiger partial charge in [-0.25, -0.2) is 4.68 Å². The van der Waals surface area contributed by atoms with Gasteiger partial charge in [0.2, 0.25) is 5.79 Å². The maximum Gasteiger partial charge on any atom is 0.238 e. The zero-order valence-corrected chi connectivity index (χ0v) is 26.7. The highest BCUT2D eigenvalue weighted by Crippen LogP contribution is 2.62. The highest BCUT2D eigenvalue weighted by molar-refractivity contribution is 6.02. The minimum Gasteiger partial charge on any atom is -0.508 e. The van der Waals surface area contributed by atoms with Gasteiger partial charge in [-0.15, -0.1) is 5.10 Å². The molecular weight excluding hydrogens is 560 g/mol. The van der Waals surface area contributed by atoms with Crippen molar-refractivity contribution in [2.45, 2.75) is 115 Å². The number of oxime groups is 1. The zero-order valence-electron chi connectivity index (χ0n) is 26.7. The van der Waals surface area contributed by atoms with E-state index in [4.69, 9.17) is 14.7 Å². The van der Waals surface area contributed by atoms with E-state index in [0.29, 0.717) is 25.0 Å². The summed E-state index contributed by atoms with van der Waals surface area (Å²) in [5.74, 6) is -1.42. The molecule has 0 saturated heterocycles. The van der Waals surface area contributed by atoms with Gasteiger partial charge >= 0.3 is 0 Å². The SMILES string of the molecule is CCCCc1cnnn1[C@H]1CC(=NOC(C)(C)C)C2=C[C@H](CCCCO)[C@@H](CCCCO)[C@@H]3c4cc(O)ccc4O[C@@]1(O)[C@H]23. The van der Waals surface area contributed by atoms with Crippen molar-refractivity contribution in [3.8, 4) is 11.5 Å². The molecule has 10 heteroatoms. The first-order valence-electron chi connectivity index (χ1n) is 16.4. The molecule has 10 nitrogen and oxygen atoms in total. The number of unbranched alkanes of at least 4 members (excludes halogenated alkanes) is 3. The normalized spacial score (nSPS) is 28.7. The average molecular weight is 611 g/mol. The Morgan fingerprint density at radius 2 is 1.84 bits per heavy atom. The Labute approximate surface area is 260 Å². The van der Waals surface area contributed by atoms with Crippen molar-refractivity contribution in [1.29, 1.82) is 0 Å². The first-order valence-corrected chi connectivity index (χ1v) is 16.4. The molecule has 2 aliphatic carbocycles. The van der Waals surface area contributed by atoms with Crippen molar-refractivity contribution in [3.63, 3.8) is 0 Å². The van der Waals surface area contributed by atoms with Gasteiger partial charge in [0.1, 0.15) is 23.1 Å². The number of rotatable bonds is 13. The maximum absolute atomic E-state index is 12.9. The third-order valence-electron chi connectivity index (χ3n) is 9.42. The number of aryl methyl sites for hydroxylation is 1. The highest BCUT2D eigenvalue weighted by atomic mass is 16.6. The van der Waals surface area contributed by atoms with Crippen molar-refractivity contribution < 1.29 is 30.0 Å². The number of ether oxygens (including phenoxy) is 1. The second-order valence-electron chi connectivity index (χ2n) is 13.7. The number of hydrogen-bond donors (Lipinski definition) is 4. The number of nitrogens with zero attached hydrogens (tertiary/aromatic N) is 4. The molecule has 44 heavy (non-hydrogen) atoms. The number of phenolic OH excluding ortho intramolecular Hbond substituents is 1. The van der Waals surface area contributed by atoms with Gasteiger partial charge in [0.25, 0.3) is 0 Å². The van der Waals surface area contributed by atoms with E-state index in [-0.39, 0.29) is 36.7 Å². The lowest BCUT2D eigenvalue weighted by molar-refractivity contribution is -0.225. The fraction of sp³-hybridized carbons (Fsp3) is 0.676. The van der Waals surface area contributed by atoms with Crippen molar-refractivity contribution in [1.82, 2.24) is 15.0 Å². The fourth-order valence-corrected chi connectivity index (χ4v) is 7.46. The molecule has 6 atom stereocenters. The lowest BCUT2D eigenvalue weighted by atomic mass is 9.55. The van der Waals surface area contributed by atoms with Gasteiger partial charge < -0.3 is 30.0 Å². The van der Waals surface area contributed by atoms with E-state index in [0.717, 1.165) is 67.5 Å². The summed E-state index contributed by atoms with van der Waals surface area (Å²) < 4.78 is 8.49. The molecular formula is C34H50N4O6. The zero-order chi connectivity index (χ0) is 31.5. The van der Waals surface area contributed by atoms with Crippen LogP contribution in [0.1, 0.15) is 109 Å². The minimum absolute atomic E-state index is 0.101. The summed E-state index contributed by atoms with van der Waals surface area (Å²) in [6.07, 6.45) is 11.9. The standard InChI is InChI=1S/C34H50N4O6/c1-5-6-12-23-21-35-37-38(23)30-20-28(36-44-33(2,3)4)26-18-22(11-7-9-16-39)25(13-8-10-17-40)31-27-19-24(41)14-15-29(27)43-34(30,42)32(26)31/h14-15,18-19,21-22,25,30-32,39-42H,5-13,16-17,20H2,1-4H3/t22-,25+,30-,31+,32+,34+/m0/s1. The van der Waals surface area contributed by atoms with Crippen LogP contribution < -0.4 is 4.74 Å². The monoisotopic (exact) mass is 610 g/mol. The summed E-state index contributed by atoms with van der Waals surface area (Å²) in [4.78, 5) is 6.04. The quantitative estimate of drug-likeness (QED) is 0.174. The third kappa shape index (κ3) is 6.53. The molecule has 1 aromatic heterocycles. The van der Waals surface area contributed by atoms with Gasteiger partial charge in [0, 0.05) is 31.1 Å². The number of phenols is 1. The summed E-state index contributed by atoms with van der Waals surface area (Å²) >= 11 is 0. The highest BCUT2D eigenvalue weighted by Gasteiger charge is 2.63. The van der Waals surface area contributed by atoms with Crippen LogP contribution in [0.2, 0.25) is 0 Å². The smallest absolute Gasteiger partial charge is 0.238 e. The van der Waals surface area contributed by atoms with E-state index in [1.807, 2.05) is 25.5 Å². The van der Waals surface area contributed by atoms with Crippen LogP contribution in [-0.2, 0) is 11.3 Å². The number of aromatic hydroxyl groups is 1. The van der Waals surface area contributed by atoms with Crippen LogP contribution >= 0.6 is 0 Å². The van der Waals surface area contributed by atoms with Gasteiger partial charge in [-0.2, -0.15) is 0 Å². The first-order chi connectivity index (χ1) is 21.1. The number of aliphatic hydroxyl groups is 3. The van der Waals surface area contributed by atoms with Crippen LogP contribution in [0.5, 0.6) is 11.5 Å². The molecule has 3 aliphatic rings. The maximum atomic E-state index is 12.9. The Morgan fingerprint density at radius 3 is 2.55 bits per heavy atom. The Bertz CT molecular complexity index is 1330. The van der Waals surface area contributed by atoms with Crippen molar-refractivity contribution >= 4 is 5.71 Å². The van der Waals surface area contributed by atoms with E-state index in [9.17, 15) is 20.4 Å². The van der Waals surface area contributed by atoms with Gasteiger partial charge in [-0.3, -0.25) is 0 Å². The molecule has 1 fully saturated rings. The van der Waals surface area contributed by atoms with Gasteiger partial charge in [-0.05, 0) is 94.9 Å². The van der Waals surface area contributed by atoms with Crippen molar-refractivity contribution in [3.05, 3.63) is 47.3 Å². The minimum atomic E-state index is -1.67. The lowest BCUT2D eigenvalue weighted by Crippen LogP contribution is -2.62. The van der Waals surface area contributed by atoms with Crippen LogP contribution in [0.3, 0.4) is 0 Å². The Morgan fingerprint density at radius 1 is 1.09 bits per heavy atom. The molecule has 2 aromatic rings.